The number of sulfone groups is 1. The predicted octanol–water partition coefficient (Wildman–Crippen LogP) is 3.78. The van der Waals surface area contributed by atoms with Gasteiger partial charge < -0.3 is 10.1 Å². The third-order valence-electron chi connectivity index (χ3n) is 4.73. The number of amides is 1. The van der Waals surface area contributed by atoms with E-state index in [1.165, 1.54) is 25.3 Å². The summed E-state index contributed by atoms with van der Waals surface area (Å²) < 4.78 is 29.6. The van der Waals surface area contributed by atoms with Crippen LogP contribution in [0, 0.1) is 0 Å². The molecule has 0 aliphatic carbocycles. The van der Waals surface area contributed by atoms with Crippen LogP contribution in [0.1, 0.15) is 36.2 Å². The van der Waals surface area contributed by atoms with Crippen molar-refractivity contribution in [3.05, 3.63) is 58.6 Å². The molecule has 0 fully saturated rings. The van der Waals surface area contributed by atoms with Crippen LogP contribution < -0.4 is 10.1 Å². The zero-order valence-corrected chi connectivity index (χ0v) is 19.2. The minimum absolute atomic E-state index is 0.0307. The fourth-order valence-corrected chi connectivity index (χ4v) is 4.11. The molecule has 0 saturated heterocycles. The summed E-state index contributed by atoms with van der Waals surface area (Å²) >= 11 is 5.95. The minimum Gasteiger partial charge on any atom is -0.496 e. The van der Waals surface area contributed by atoms with E-state index < -0.39 is 9.84 Å². The van der Waals surface area contributed by atoms with Crippen LogP contribution in [0.3, 0.4) is 0 Å². The summed E-state index contributed by atoms with van der Waals surface area (Å²) in [5.41, 5.74) is 1.37. The summed E-state index contributed by atoms with van der Waals surface area (Å²) in [7, 11) is -1.96. The first-order valence-corrected chi connectivity index (χ1v) is 12.0. The van der Waals surface area contributed by atoms with Crippen molar-refractivity contribution in [2.75, 3.05) is 32.5 Å². The molecule has 0 unspecified atom stereocenters. The number of carbonyl (C=O) groups excluding carboxylic acids is 1. The number of halogens is 1. The van der Waals surface area contributed by atoms with Gasteiger partial charge in [-0.05, 0) is 48.9 Å². The smallest absolute Gasteiger partial charge is 0.255 e. The maximum atomic E-state index is 12.7. The second-order valence-corrected chi connectivity index (χ2v) is 9.64. The van der Waals surface area contributed by atoms with Gasteiger partial charge in [-0.25, -0.2) is 8.42 Å². The van der Waals surface area contributed by atoms with E-state index in [9.17, 15) is 13.2 Å². The maximum Gasteiger partial charge on any atom is 0.255 e. The van der Waals surface area contributed by atoms with Gasteiger partial charge in [0.15, 0.2) is 9.84 Å². The maximum absolute atomic E-state index is 12.7. The number of carbonyl (C=O) groups is 1. The number of hydrogen-bond acceptors (Lipinski definition) is 5. The summed E-state index contributed by atoms with van der Waals surface area (Å²) in [5, 5.41) is 3.58. The summed E-state index contributed by atoms with van der Waals surface area (Å²) in [6, 6.07) is 12.1. The second kappa shape index (κ2) is 11.3. The van der Waals surface area contributed by atoms with Crippen LogP contribution in [0.25, 0.3) is 0 Å². The van der Waals surface area contributed by atoms with Crippen LogP contribution in [0.5, 0.6) is 5.75 Å². The van der Waals surface area contributed by atoms with E-state index in [0.717, 1.165) is 25.1 Å². The van der Waals surface area contributed by atoms with Gasteiger partial charge in [-0.1, -0.05) is 37.6 Å². The van der Waals surface area contributed by atoms with Gasteiger partial charge in [0.2, 0.25) is 0 Å². The second-order valence-electron chi connectivity index (χ2n) is 6.92. The SMILES string of the molecule is CCCN(CCNC(=O)c1cc(S(=O)(=O)CC)ccc1OC)Cc1ccc(Cl)cc1. The lowest BCUT2D eigenvalue weighted by Gasteiger charge is -2.22. The molecule has 0 spiro atoms. The monoisotopic (exact) mass is 452 g/mol. The number of hydrogen-bond donors (Lipinski definition) is 1. The number of methoxy groups -OCH3 is 1. The van der Waals surface area contributed by atoms with Crippen LogP contribution in [-0.2, 0) is 16.4 Å². The largest absolute Gasteiger partial charge is 0.496 e. The fraction of sp³-hybridized carbons (Fsp3) is 0.409. The van der Waals surface area contributed by atoms with Gasteiger partial charge in [0.25, 0.3) is 5.91 Å². The molecule has 2 aromatic carbocycles. The topological polar surface area (TPSA) is 75.7 Å². The molecular formula is C22H29ClN2O4S. The fourth-order valence-electron chi connectivity index (χ4n) is 3.08. The number of rotatable bonds is 11. The molecule has 0 saturated carbocycles. The molecule has 0 heterocycles. The van der Waals surface area contributed by atoms with Crippen LogP contribution in [0.2, 0.25) is 5.02 Å². The molecule has 0 bridgehead atoms. The Morgan fingerprint density at radius 2 is 1.80 bits per heavy atom. The van der Waals surface area contributed by atoms with Crippen LogP contribution in [-0.4, -0.2) is 51.7 Å². The molecule has 30 heavy (non-hydrogen) atoms. The number of benzene rings is 2. The molecule has 8 heteroatoms. The Kier molecular flexibility index (Phi) is 9.14. The molecule has 0 radical (unpaired) electrons. The van der Waals surface area contributed by atoms with Gasteiger partial charge in [-0.15, -0.1) is 0 Å². The lowest BCUT2D eigenvalue weighted by atomic mass is 10.2. The average molecular weight is 453 g/mol. The summed E-state index contributed by atoms with van der Waals surface area (Å²) in [5.74, 6) is -0.0473. The Bertz CT molecular complexity index is 946. The lowest BCUT2D eigenvalue weighted by molar-refractivity contribution is 0.0944. The Hall–Kier alpha value is -2.09. The van der Waals surface area contributed by atoms with E-state index in [-0.39, 0.29) is 22.1 Å². The van der Waals surface area contributed by atoms with Gasteiger partial charge in [0.1, 0.15) is 5.75 Å². The molecule has 1 N–H and O–H groups in total. The van der Waals surface area contributed by atoms with E-state index in [1.807, 2.05) is 24.3 Å². The highest BCUT2D eigenvalue weighted by molar-refractivity contribution is 7.91. The minimum atomic E-state index is -3.41. The molecule has 0 atom stereocenters. The number of nitrogens with zero attached hydrogens (tertiary/aromatic N) is 1. The van der Waals surface area contributed by atoms with Crippen molar-refractivity contribution in [2.24, 2.45) is 0 Å². The number of nitrogens with one attached hydrogen (secondary N) is 1. The van der Waals surface area contributed by atoms with Crippen LogP contribution in [0.15, 0.2) is 47.4 Å². The standard InChI is InChI=1S/C22H29ClN2O4S/c1-4-13-25(16-17-6-8-18(23)9-7-17)14-12-24-22(26)20-15-19(30(27,28)5-2)10-11-21(20)29-3/h6-11,15H,4-5,12-14,16H2,1-3H3,(H,24,26). The first-order chi connectivity index (χ1) is 14.3. The van der Waals surface area contributed by atoms with Crippen LogP contribution >= 0.6 is 11.6 Å². The van der Waals surface area contributed by atoms with E-state index in [4.69, 9.17) is 16.3 Å². The van der Waals surface area contributed by atoms with E-state index in [0.29, 0.717) is 23.9 Å². The van der Waals surface area contributed by atoms with Gasteiger partial charge in [0, 0.05) is 24.7 Å². The molecule has 2 aromatic rings. The summed E-state index contributed by atoms with van der Waals surface area (Å²) in [6.45, 7) is 6.43. The molecular weight excluding hydrogens is 424 g/mol. The Morgan fingerprint density at radius 3 is 2.40 bits per heavy atom. The number of ether oxygens (including phenoxy) is 1. The van der Waals surface area contributed by atoms with Crippen molar-refractivity contribution in [3.63, 3.8) is 0 Å². The van der Waals surface area contributed by atoms with Crippen molar-refractivity contribution < 1.29 is 17.9 Å². The van der Waals surface area contributed by atoms with Crippen molar-refractivity contribution >= 4 is 27.3 Å². The van der Waals surface area contributed by atoms with Crippen molar-refractivity contribution in [3.8, 4) is 5.75 Å². The van der Waals surface area contributed by atoms with Gasteiger partial charge >= 0.3 is 0 Å². The zero-order valence-electron chi connectivity index (χ0n) is 17.7. The molecule has 1 amide bonds. The van der Waals surface area contributed by atoms with Crippen molar-refractivity contribution in [1.29, 1.82) is 0 Å². The lowest BCUT2D eigenvalue weighted by Crippen LogP contribution is -2.35. The molecule has 2 rings (SSSR count). The van der Waals surface area contributed by atoms with Gasteiger partial charge in [-0.3, -0.25) is 9.69 Å². The third kappa shape index (κ3) is 6.72. The van der Waals surface area contributed by atoms with Crippen molar-refractivity contribution in [1.82, 2.24) is 10.2 Å². The highest BCUT2D eigenvalue weighted by Crippen LogP contribution is 2.23. The average Bonchev–Trinajstić information content (AvgIpc) is 2.74. The van der Waals surface area contributed by atoms with E-state index in [2.05, 4.69) is 17.1 Å². The predicted molar refractivity (Wildman–Crippen MR) is 120 cm³/mol. The molecule has 164 valence electrons. The first kappa shape index (κ1) is 24.2. The Labute approximate surface area is 184 Å². The summed E-state index contributed by atoms with van der Waals surface area (Å²) in [6.07, 6.45) is 0.992. The highest BCUT2D eigenvalue weighted by atomic mass is 35.5. The quantitative estimate of drug-likeness (QED) is 0.561. The highest BCUT2D eigenvalue weighted by Gasteiger charge is 2.18. The van der Waals surface area contributed by atoms with Crippen molar-refractivity contribution in [2.45, 2.75) is 31.7 Å². The first-order valence-electron chi connectivity index (χ1n) is 9.96. The molecule has 0 aliphatic heterocycles. The Balaban J connectivity index is 2.04. The van der Waals surface area contributed by atoms with E-state index in [1.54, 1.807) is 6.92 Å². The third-order valence-corrected chi connectivity index (χ3v) is 6.71. The zero-order chi connectivity index (χ0) is 22.1. The Morgan fingerprint density at radius 1 is 1.10 bits per heavy atom. The molecule has 6 nitrogen and oxygen atoms in total. The van der Waals surface area contributed by atoms with Crippen LogP contribution in [0.4, 0.5) is 0 Å². The summed E-state index contributed by atoms with van der Waals surface area (Å²) in [4.78, 5) is 15.1. The molecule has 0 aliphatic rings. The van der Waals surface area contributed by atoms with Gasteiger partial charge in [0.05, 0.1) is 23.3 Å². The van der Waals surface area contributed by atoms with E-state index >= 15 is 0 Å². The normalized spacial score (nSPS) is 11.5. The van der Waals surface area contributed by atoms with Gasteiger partial charge in [-0.2, -0.15) is 0 Å². The molecule has 0 aromatic heterocycles.